The van der Waals surface area contributed by atoms with Crippen LogP contribution in [-0.4, -0.2) is 26.5 Å². The molecular weight excluding hydrogens is 438 g/mol. The maximum atomic E-state index is 12.3. The lowest BCUT2D eigenvalue weighted by molar-refractivity contribution is -0.385. The van der Waals surface area contributed by atoms with Gasteiger partial charge in [0.05, 0.1) is 22.5 Å². The van der Waals surface area contributed by atoms with Gasteiger partial charge in [-0.1, -0.05) is 48.5 Å². The molecule has 0 fully saturated rings. The Balaban J connectivity index is 1.52. The zero-order valence-electron chi connectivity index (χ0n) is 17.8. The van der Waals surface area contributed by atoms with Gasteiger partial charge in [0.1, 0.15) is 0 Å². The van der Waals surface area contributed by atoms with E-state index in [4.69, 9.17) is 0 Å². The first-order valence-corrected chi connectivity index (χ1v) is 10.3. The summed E-state index contributed by atoms with van der Waals surface area (Å²) >= 11 is 0. The number of carbonyl (C=O) groups excluding carboxylic acids is 1. The highest BCUT2D eigenvalue weighted by Gasteiger charge is 2.15. The minimum Gasteiger partial charge on any atom is -0.342 e. The molecule has 170 valence electrons. The molecule has 10 nitrogen and oxygen atoms in total. The van der Waals surface area contributed by atoms with Gasteiger partial charge in [-0.05, 0) is 11.6 Å². The van der Waals surface area contributed by atoms with Crippen molar-refractivity contribution in [1.29, 1.82) is 0 Å². The number of nitrogens with zero attached hydrogens (tertiary/aromatic N) is 4. The maximum absolute atomic E-state index is 12.3. The number of fused-ring (bicyclic) bond motifs is 1. The van der Waals surface area contributed by atoms with Gasteiger partial charge in [-0.15, -0.1) is 0 Å². The van der Waals surface area contributed by atoms with Gasteiger partial charge in [-0.2, -0.15) is 5.10 Å². The lowest BCUT2D eigenvalue weighted by atomic mass is 10.1. The first-order valence-electron chi connectivity index (χ1n) is 10.3. The zero-order chi connectivity index (χ0) is 24.1. The molecule has 4 aromatic rings. The van der Waals surface area contributed by atoms with Crippen molar-refractivity contribution in [3.63, 3.8) is 0 Å². The summed E-state index contributed by atoms with van der Waals surface area (Å²) in [5.74, 6) is -0.481. The summed E-state index contributed by atoms with van der Waals surface area (Å²) < 4.78 is 1.95. The number of hydrazone groups is 1. The van der Waals surface area contributed by atoms with Crippen molar-refractivity contribution in [3.8, 4) is 0 Å². The van der Waals surface area contributed by atoms with Crippen molar-refractivity contribution in [2.75, 3.05) is 0 Å². The third kappa shape index (κ3) is 4.96. The van der Waals surface area contributed by atoms with Gasteiger partial charge in [0.2, 0.25) is 5.91 Å². The van der Waals surface area contributed by atoms with Crippen molar-refractivity contribution in [3.05, 3.63) is 116 Å². The monoisotopic (exact) mass is 457 g/mol. The van der Waals surface area contributed by atoms with Crippen LogP contribution in [0.15, 0.2) is 84.1 Å². The van der Waals surface area contributed by atoms with Crippen molar-refractivity contribution in [2.45, 2.75) is 13.0 Å². The van der Waals surface area contributed by atoms with Crippen LogP contribution in [0.5, 0.6) is 0 Å². The highest BCUT2D eigenvalue weighted by Crippen LogP contribution is 2.23. The summed E-state index contributed by atoms with van der Waals surface area (Å²) in [7, 11) is 0. The molecule has 0 radical (unpaired) electrons. The predicted molar refractivity (Wildman–Crippen MR) is 127 cm³/mol. The van der Waals surface area contributed by atoms with E-state index in [-0.39, 0.29) is 17.8 Å². The van der Waals surface area contributed by atoms with Crippen molar-refractivity contribution >= 4 is 34.4 Å². The van der Waals surface area contributed by atoms with Crippen LogP contribution in [0.2, 0.25) is 0 Å². The zero-order valence-corrected chi connectivity index (χ0v) is 17.8. The number of amides is 1. The molecule has 4 rings (SSSR count). The Kier molecular flexibility index (Phi) is 6.40. The van der Waals surface area contributed by atoms with E-state index in [0.717, 1.165) is 22.0 Å². The van der Waals surface area contributed by atoms with E-state index >= 15 is 0 Å². The normalized spacial score (nSPS) is 11.1. The molecule has 0 aliphatic rings. The fourth-order valence-corrected chi connectivity index (χ4v) is 3.70. The lowest BCUT2D eigenvalue weighted by Crippen LogP contribution is -2.20. The molecule has 0 aliphatic carbocycles. The minimum atomic E-state index is -0.526. The Morgan fingerprint density at radius 3 is 2.53 bits per heavy atom. The Labute approximate surface area is 193 Å². The number of nitro groups is 2. The lowest BCUT2D eigenvalue weighted by Gasteiger charge is -2.05. The van der Waals surface area contributed by atoms with Crippen LogP contribution < -0.4 is 5.43 Å². The fraction of sp³-hybridized carbons (Fsp3) is 0.0833. The van der Waals surface area contributed by atoms with Crippen molar-refractivity contribution < 1.29 is 14.6 Å². The third-order valence-corrected chi connectivity index (χ3v) is 5.23. The molecule has 1 heterocycles. The third-order valence-electron chi connectivity index (χ3n) is 5.23. The van der Waals surface area contributed by atoms with Crippen LogP contribution in [0.25, 0.3) is 10.9 Å². The number of benzene rings is 3. The number of para-hydroxylation sites is 2. The van der Waals surface area contributed by atoms with E-state index in [9.17, 15) is 25.0 Å². The van der Waals surface area contributed by atoms with Crippen LogP contribution in [-0.2, 0) is 17.8 Å². The van der Waals surface area contributed by atoms with Crippen LogP contribution in [0.1, 0.15) is 16.7 Å². The number of rotatable bonds is 8. The molecule has 0 spiro atoms. The summed E-state index contributed by atoms with van der Waals surface area (Å²) in [6.07, 6.45) is 3.17. The molecule has 10 heteroatoms. The fourth-order valence-electron chi connectivity index (χ4n) is 3.70. The van der Waals surface area contributed by atoms with Gasteiger partial charge in [-0.3, -0.25) is 25.0 Å². The molecule has 1 N–H and O–H groups in total. The topological polar surface area (TPSA) is 133 Å². The number of hydrogen-bond donors (Lipinski definition) is 1. The SMILES string of the molecule is O=C(Cc1ccccc1[N+](=O)[O-])NN=Cc1cn(Cc2cccc([N+](=O)[O-])c2)c2ccccc12. The van der Waals surface area contributed by atoms with E-state index in [1.165, 1.54) is 30.5 Å². The molecule has 0 saturated heterocycles. The van der Waals surface area contributed by atoms with Crippen LogP contribution in [0, 0.1) is 20.2 Å². The number of nitro benzene ring substituents is 2. The van der Waals surface area contributed by atoms with Gasteiger partial charge in [0.15, 0.2) is 0 Å². The Bertz CT molecular complexity index is 1430. The molecule has 0 unspecified atom stereocenters. The standard InChI is InChI=1S/C24H19N5O5/c30-24(13-18-7-1-3-10-22(18)29(33)34)26-25-14-19-16-27(23-11-4-2-9-21(19)23)15-17-6-5-8-20(12-17)28(31)32/h1-12,14,16H,13,15H2,(H,26,30). The summed E-state index contributed by atoms with van der Waals surface area (Å²) in [4.78, 5) is 33.5. The van der Waals surface area contributed by atoms with Crippen molar-refractivity contribution in [2.24, 2.45) is 5.10 Å². The molecule has 34 heavy (non-hydrogen) atoms. The Hall–Kier alpha value is -4.86. The highest BCUT2D eigenvalue weighted by atomic mass is 16.6. The number of aromatic nitrogens is 1. The molecule has 0 atom stereocenters. The molecular formula is C24H19N5O5. The van der Waals surface area contributed by atoms with Gasteiger partial charge in [0.25, 0.3) is 11.4 Å². The molecule has 0 aliphatic heterocycles. The molecule has 0 saturated carbocycles. The Morgan fingerprint density at radius 1 is 0.971 bits per heavy atom. The number of nitrogens with one attached hydrogen (secondary N) is 1. The summed E-state index contributed by atoms with van der Waals surface area (Å²) in [6, 6.07) is 20.1. The maximum Gasteiger partial charge on any atom is 0.273 e. The summed E-state index contributed by atoms with van der Waals surface area (Å²) in [5.41, 5.74) is 5.04. The summed E-state index contributed by atoms with van der Waals surface area (Å²) in [5, 5.41) is 27.1. The second kappa shape index (κ2) is 9.74. The van der Waals surface area contributed by atoms with Crippen LogP contribution in [0.4, 0.5) is 11.4 Å². The smallest absolute Gasteiger partial charge is 0.273 e. The number of non-ortho nitro benzene ring substituents is 1. The average Bonchev–Trinajstić information content (AvgIpc) is 3.17. The van der Waals surface area contributed by atoms with Gasteiger partial charge < -0.3 is 4.57 Å². The minimum absolute atomic E-state index is 0.0251. The van der Waals surface area contributed by atoms with E-state index in [2.05, 4.69) is 10.5 Å². The second-order valence-electron chi connectivity index (χ2n) is 7.51. The van der Waals surface area contributed by atoms with Gasteiger partial charge >= 0.3 is 0 Å². The highest BCUT2D eigenvalue weighted by molar-refractivity contribution is 5.99. The first kappa shape index (κ1) is 22.3. The molecule has 0 bridgehead atoms. The molecule has 3 aromatic carbocycles. The molecule has 1 aromatic heterocycles. The van der Waals surface area contributed by atoms with E-state index in [1.54, 1.807) is 18.2 Å². The largest absolute Gasteiger partial charge is 0.342 e. The van der Waals surface area contributed by atoms with E-state index < -0.39 is 15.8 Å². The van der Waals surface area contributed by atoms with E-state index in [1.807, 2.05) is 41.1 Å². The van der Waals surface area contributed by atoms with Crippen LogP contribution in [0.3, 0.4) is 0 Å². The quantitative estimate of drug-likeness (QED) is 0.241. The predicted octanol–water partition coefficient (Wildman–Crippen LogP) is 4.20. The van der Waals surface area contributed by atoms with Gasteiger partial charge in [-0.25, -0.2) is 5.43 Å². The number of hydrogen-bond acceptors (Lipinski definition) is 6. The van der Waals surface area contributed by atoms with Crippen LogP contribution >= 0.6 is 0 Å². The van der Waals surface area contributed by atoms with Crippen molar-refractivity contribution in [1.82, 2.24) is 9.99 Å². The van der Waals surface area contributed by atoms with Gasteiger partial charge in [0, 0.05) is 53.0 Å². The summed E-state index contributed by atoms with van der Waals surface area (Å²) in [6.45, 7) is 0.417. The second-order valence-corrected chi connectivity index (χ2v) is 7.51. The average molecular weight is 457 g/mol. The van der Waals surface area contributed by atoms with E-state index in [0.29, 0.717) is 12.1 Å². The number of carbonyl (C=O) groups is 1. The Morgan fingerprint density at radius 2 is 1.74 bits per heavy atom. The first-order chi connectivity index (χ1) is 16.4. The molecule has 1 amide bonds.